The molecule has 0 aliphatic carbocycles. The molecular weight excluding hydrogens is 452 g/mol. The van der Waals surface area contributed by atoms with Crippen molar-refractivity contribution < 1.29 is 27.5 Å². The van der Waals surface area contributed by atoms with Gasteiger partial charge in [0.2, 0.25) is 5.60 Å². The highest BCUT2D eigenvalue weighted by Gasteiger charge is 2.55. The number of halogens is 4. The van der Waals surface area contributed by atoms with Gasteiger partial charge >= 0.3 is 6.18 Å². The number of alkyl halides is 3. The molecule has 4 rings (SSSR count). The second-order valence-corrected chi connectivity index (χ2v) is 7.92. The number of rotatable bonds is 6. The average Bonchev–Trinajstić information content (AvgIpc) is 3.26. The van der Waals surface area contributed by atoms with Crippen LogP contribution in [0.25, 0.3) is 22.0 Å². The van der Waals surface area contributed by atoms with Crippen LogP contribution in [0.15, 0.2) is 61.1 Å². The number of imidazole rings is 1. The van der Waals surface area contributed by atoms with Gasteiger partial charge in [-0.3, -0.25) is 4.79 Å². The van der Waals surface area contributed by atoms with E-state index in [0.29, 0.717) is 27.6 Å². The molecule has 0 saturated carbocycles. The smallest absolute Gasteiger partial charge is 0.375 e. The highest BCUT2D eigenvalue weighted by Crippen LogP contribution is 2.40. The lowest BCUT2D eigenvalue weighted by Gasteiger charge is -2.27. The van der Waals surface area contributed by atoms with Gasteiger partial charge in [-0.15, -0.1) is 0 Å². The second-order valence-electron chi connectivity index (χ2n) is 7.92. The highest BCUT2D eigenvalue weighted by molar-refractivity contribution is 6.00. The van der Waals surface area contributed by atoms with Crippen molar-refractivity contribution in [3.05, 3.63) is 83.8 Å². The number of aromatic nitrogens is 3. The van der Waals surface area contributed by atoms with E-state index in [1.807, 2.05) is 0 Å². The van der Waals surface area contributed by atoms with Crippen LogP contribution in [-0.4, -0.2) is 31.7 Å². The molecular formula is C24H20F4N4O2. The van der Waals surface area contributed by atoms with E-state index in [2.05, 4.69) is 9.97 Å². The molecule has 0 bridgehead atoms. The first-order valence-corrected chi connectivity index (χ1v) is 10.3. The summed E-state index contributed by atoms with van der Waals surface area (Å²) in [5.41, 5.74) is 4.33. The van der Waals surface area contributed by atoms with Gasteiger partial charge in [0, 0.05) is 18.1 Å². The fourth-order valence-corrected chi connectivity index (χ4v) is 3.76. The second kappa shape index (κ2) is 8.53. The van der Waals surface area contributed by atoms with Crippen molar-refractivity contribution in [2.75, 3.05) is 0 Å². The van der Waals surface area contributed by atoms with Crippen LogP contribution in [0.2, 0.25) is 0 Å². The molecule has 0 fully saturated rings. The van der Waals surface area contributed by atoms with Gasteiger partial charge in [-0.05, 0) is 47.4 Å². The molecule has 0 radical (unpaired) electrons. The monoisotopic (exact) mass is 472 g/mol. The first kappa shape index (κ1) is 23.4. The van der Waals surface area contributed by atoms with Gasteiger partial charge in [0.25, 0.3) is 5.91 Å². The van der Waals surface area contributed by atoms with Gasteiger partial charge in [-0.25, -0.2) is 14.4 Å². The predicted octanol–water partition coefficient (Wildman–Crippen LogP) is 4.54. The molecule has 0 aliphatic rings. The Morgan fingerprint density at radius 3 is 2.44 bits per heavy atom. The molecule has 34 heavy (non-hydrogen) atoms. The quantitative estimate of drug-likeness (QED) is 0.403. The van der Waals surface area contributed by atoms with Crippen LogP contribution in [0.1, 0.15) is 35.1 Å². The van der Waals surface area contributed by atoms with Crippen molar-refractivity contribution in [3.8, 4) is 11.1 Å². The summed E-state index contributed by atoms with van der Waals surface area (Å²) >= 11 is 0. The third-order valence-corrected chi connectivity index (χ3v) is 5.68. The maximum absolute atomic E-state index is 13.4. The van der Waals surface area contributed by atoms with Crippen molar-refractivity contribution in [1.29, 1.82) is 0 Å². The highest BCUT2D eigenvalue weighted by atomic mass is 19.4. The van der Waals surface area contributed by atoms with E-state index in [1.54, 1.807) is 30.3 Å². The largest absolute Gasteiger partial charge is 0.423 e. The summed E-state index contributed by atoms with van der Waals surface area (Å²) in [4.78, 5) is 19.9. The van der Waals surface area contributed by atoms with E-state index in [1.165, 1.54) is 36.0 Å². The van der Waals surface area contributed by atoms with E-state index >= 15 is 0 Å². The number of aliphatic hydroxyl groups is 1. The van der Waals surface area contributed by atoms with E-state index in [9.17, 15) is 27.5 Å². The maximum atomic E-state index is 13.4. The molecule has 0 unspecified atom stereocenters. The van der Waals surface area contributed by atoms with Gasteiger partial charge in [-0.1, -0.05) is 31.2 Å². The first-order valence-electron chi connectivity index (χ1n) is 10.3. The van der Waals surface area contributed by atoms with E-state index in [0.717, 1.165) is 6.20 Å². The number of fused-ring (bicyclic) bond motifs is 1. The van der Waals surface area contributed by atoms with Crippen molar-refractivity contribution >= 4 is 16.8 Å². The van der Waals surface area contributed by atoms with Gasteiger partial charge in [0.1, 0.15) is 11.5 Å². The fraction of sp³-hybridized carbons (Fsp3) is 0.208. The third kappa shape index (κ3) is 4.24. The van der Waals surface area contributed by atoms with Crippen molar-refractivity contribution in [3.63, 3.8) is 0 Å². The summed E-state index contributed by atoms with van der Waals surface area (Å²) < 4.78 is 54.8. The zero-order valence-electron chi connectivity index (χ0n) is 18.0. The lowest BCUT2D eigenvalue weighted by atomic mass is 9.96. The summed E-state index contributed by atoms with van der Waals surface area (Å²) in [6, 6.07) is 12.5. The van der Waals surface area contributed by atoms with E-state index in [-0.39, 0.29) is 12.2 Å². The minimum atomic E-state index is -4.87. The van der Waals surface area contributed by atoms with Gasteiger partial charge in [0.05, 0.1) is 17.5 Å². The maximum Gasteiger partial charge on any atom is 0.423 e. The number of benzene rings is 2. The first-order chi connectivity index (χ1) is 16.0. The molecule has 176 valence electrons. The molecule has 2 aromatic heterocycles. The Balaban J connectivity index is 1.73. The molecule has 0 spiro atoms. The molecule has 0 saturated heterocycles. The Hall–Kier alpha value is -3.79. The zero-order chi connectivity index (χ0) is 24.7. The molecule has 4 aromatic rings. The number of amides is 1. The molecule has 1 amide bonds. The summed E-state index contributed by atoms with van der Waals surface area (Å²) in [6.07, 6.45) is -3.08. The zero-order valence-corrected chi connectivity index (χ0v) is 18.0. The molecule has 3 N–H and O–H groups in total. The van der Waals surface area contributed by atoms with Crippen LogP contribution in [0.5, 0.6) is 0 Å². The summed E-state index contributed by atoms with van der Waals surface area (Å²) in [6.45, 7) is 1.38. The summed E-state index contributed by atoms with van der Waals surface area (Å²) in [5.74, 6) is -1.14. The SMILES string of the molecule is CC[C@](O)(c1cn(Cc2ccc3c(-c4ccc(F)cc4)cc(C(N)=O)nc3c2)cn1)C(F)(F)F. The van der Waals surface area contributed by atoms with Gasteiger partial charge in [-0.2, -0.15) is 13.2 Å². The number of nitrogens with two attached hydrogens (primary N) is 1. The molecule has 2 heterocycles. The lowest BCUT2D eigenvalue weighted by Crippen LogP contribution is -2.42. The molecule has 2 aromatic carbocycles. The Bertz CT molecular complexity index is 1370. The number of carbonyl (C=O) groups excluding carboxylic acids is 1. The molecule has 6 nitrogen and oxygen atoms in total. The predicted molar refractivity (Wildman–Crippen MR) is 117 cm³/mol. The van der Waals surface area contributed by atoms with Crippen LogP contribution < -0.4 is 5.73 Å². The Kier molecular flexibility index (Phi) is 5.86. The minimum Gasteiger partial charge on any atom is -0.375 e. The summed E-state index contributed by atoms with van der Waals surface area (Å²) in [7, 11) is 0. The molecule has 1 atom stereocenters. The minimum absolute atomic E-state index is 0.0204. The van der Waals surface area contributed by atoms with Gasteiger partial charge in [0.15, 0.2) is 0 Å². The van der Waals surface area contributed by atoms with Crippen LogP contribution in [-0.2, 0) is 12.1 Å². The third-order valence-electron chi connectivity index (χ3n) is 5.68. The Labute approximate surface area is 191 Å². The molecule has 0 aliphatic heterocycles. The topological polar surface area (TPSA) is 94.0 Å². The number of carbonyl (C=O) groups is 1. The van der Waals surface area contributed by atoms with Crippen LogP contribution in [0.4, 0.5) is 17.6 Å². The van der Waals surface area contributed by atoms with Crippen LogP contribution in [0.3, 0.4) is 0 Å². The summed E-state index contributed by atoms with van der Waals surface area (Å²) in [5, 5.41) is 10.8. The number of nitrogens with zero attached hydrogens (tertiary/aromatic N) is 3. The lowest BCUT2D eigenvalue weighted by molar-refractivity contribution is -0.269. The van der Waals surface area contributed by atoms with Gasteiger partial charge < -0.3 is 15.4 Å². The number of hydrogen-bond donors (Lipinski definition) is 2. The van der Waals surface area contributed by atoms with Crippen LogP contribution in [0, 0.1) is 5.82 Å². The normalized spacial score (nSPS) is 13.7. The Morgan fingerprint density at radius 2 is 1.82 bits per heavy atom. The van der Waals surface area contributed by atoms with Crippen molar-refractivity contribution in [2.24, 2.45) is 5.73 Å². The van der Waals surface area contributed by atoms with E-state index < -0.39 is 35.6 Å². The number of pyridine rings is 1. The van der Waals surface area contributed by atoms with Crippen LogP contribution >= 0.6 is 0 Å². The number of primary amides is 1. The molecule has 10 heteroatoms. The van der Waals surface area contributed by atoms with Crippen molar-refractivity contribution in [1.82, 2.24) is 14.5 Å². The number of hydrogen-bond acceptors (Lipinski definition) is 4. The van der Waals surface area contributed by atoms with E-state index in [4.69, 9.17) is 5.73 Å². The Morgan fingerprint density at radius 1 is 1.12 bits per heavy atom. The standard InChI is InChI=1S/C24H20F4N4O2/c1-2-23(34,24(26,27)28)21-12-32(13-30-21)11-14-3-8-17-18(15-4-6-16(25)7-5-15)10-20(22(29)33)31-19(17)9-14/h3-10,12-13,34H,2,11H2,1H3,(H2,29,33)/t23-/m0/s1. The fourth-order valence-electron chi connectivity index (χ4n) is 3.76. The van der Waals surface area contributed by atoms with Crippen molar-refractivity contribution in [2.45, 2.75) is 31.7 Å². The average molecular weight is 472 g/mol.